The average molecular weight is 339 g/mol. The first-order chi connectivity index (χ1) is 12.1. The van der Waals surface area contributed by atoms with E-state index in [2.05, 4.69) is 10.3 Å². The van der Waals surface area contributed by atoms with Crippen LogP contribution in [0.3, 0.4) is 0 Å². The van der Waals surface area contributed by atoms with E-state index in [1.54, 1.807) is 11.0 Å². The molecule has 0 saturated heterocycles. The molecule has 3 aromatic rings. The number of oxazole rings is 1. The Hall–Kier alpha value is -2.89. The van der Waals surface area contributed by atoms with Crippen molar-refractivity contribution in [2.24, 2.45) is 0 Å². The fourth-order valence-electron chi connectivity index (χ4n) is 3.28. The van der Waals surface area contributed by atoms with E-state index in [0.29, 0.717) is 31.1 Å². The van der Waals surface area contributed by atoms with Crippen LogP contribution in [0.5, 0.6) is 0 Å². The smallest absolute Gasteiger partial charge is 0.296 e. The van der Waals surface area contributed by atoms with Gasteiger partial charge < -0.3 is 14.6 Å². The Bertz CT molecular complexity index is 904. The summed E-state index contributed by atoms with van der Waals surface area (Å²) in [6, 6.07) is 12.6. The van der Waals surface area contributed by atoms with E-state index < -0.39 is 0 Å². The van der Waals surface area contributed by atoms with Crippen molar-refractivity contribution < 1.29 is 13.6 Å². The van der Waals surface area contributed by atoms with E-state index in [0.717, 1.165) is 16.6 Å². The number of nitrogens with zero attached hydrogens (tertiary/aromatic N) is 2. The van der Waals surface area contributed by atoms with Gasteiger partial charge in [-0.1, -0.05) is 18.2 Å². The number of carbonyl (C=O) groups is 1. The summed E-state index contributed by atoms with van der Waals surface area (Å²) in [5, 5.41) is 3.31. The summed E-state index contributed by atoms with van der Waals surface area (Å²) < 4.78 is 19.4. The van der Waals surface area contributed by atoms with Crippen LogP contribution in [0.25, 0.3) is 11.1 Å². The predicted octanol–water partition coefficient (Wildman–Crippen LogP) is 3.87. The molecule has 1 aliphatic rings. The van der Waals surface area contributed by atoms with Crippen molar-refractivity contribution >= 4 is 23.0 Å². The Morgan fingerprint density at radius 2 is 2.16 bits per heavy atom. The molecule has 1 aromatic heterocycles. The SMILES string of the molecule is CC(=O)N1CC[C@H](Nc2nc3ccccc3o2)c2ccc(F)cc2C1. The van der Waals surface area contributed by atoms with Gasteiger partial charge in [0, 0.05) is 20.0 Å². The Morgan fingerprint density at radius 1 is 1.32 bits per heavy atom. The summed E-state index contributed by atoms with van der Waals surface area (Å²) in [5.41, 5.74) is 3.26. The number of halogens is 1. The zero-order chi connectivity index (χ0) is 17.4. The number of carbonyl (C=O) groups excluding carboxylic acids is 1. The maximum atomic E-state index is 13.7. The first-order valence-corrected chi connectivity index (χ1v) is 8.26. The molecule has 1 N–H and O–H groups in total. The molecule has 5 nitrogen and oxygen atoms in total. The monoisotopic (exact) mass is 339 g/mol. The van der Waals surface area contributed by atoms with Crippen LogP contribution in [0.15, 0.2) is 46.9 Å². The number of benzene rings is 2. The van der Waals surface area contributed by atoms with Crippen molar-refractivity contribution in [1.82, 2.24) is 9.88 Å². The van der Waals surface area contributed by atoms with E-state index in [9.17, 15) is 9.18 Å². The molecule has 0 saturated carbocycles. The number of rotatable bonds is 2. The third-order valence-corrected chi connectivity index (χ3v) is 4.57. The standard InChI is InChI=1S/C19H18FN3O2/c1-12(24)23-9-8-16(15-7-6-14(20)10-13(15)11-23)21-19-22-17-4-2-3-5-18(17)25-19/h2-7,10,16H,8-9,11H2,1H3,(H,21,22)/t16-/m0/s1. The van der Waals surface area contributed by atoms with Gasteiger partial charge in [-0.25, -0.2) is 4.39 Å². The molecule has 0 fully saturated rings. The zero-order valence-corrected chi connectivity index (χ0v) is 13.8. The summed E-state index contributed by atoms with van der Waals surface area (Å²) in [6.45, 7) is 2.53. The number of hydrogen-bond acceptors (Lipinski definition) is 4. The Labute approximate surface area is 144 Å². The Balaban J connectivity index is 1.68. The van der Waals surface area contributed by atoms with E-state index >= 15 is 0 Å². The highest BCUT2D eigenvalue weighted by atomic mass is 19.1. The van der Waals surface area contributed by atoms with Gasteiger partial charge in [-0.15, -0.1) is 0 Å². The first-order valence-electron chi connectivity index (χ1n) is 8.26. The number of aromatic nitrogens is 1. The van der Waals surface area contributed by atoms with Gasteiger partial charge >= 0.3 is 0 Å². The van der Waals surface area contributed by atoms with Crippen molar-refractivity contribution in [2.75, 3.05) is 11.9 Å². The number of nitrogens with one attached hydrogen (secondary N) is 1. The molecule has 0 spiro atoms. The van der Waals surface area contributed by atoms with Gasteiger partial charge in [0.25, 0.3) is 6.01 Å². The highest BCUT2D eigenvalue weighted by Gasteiger charge is 2.25. The molecule has 2 aromatic carbocycles. The molecule has 0 radical (unpaired) electrons. The summed E-state index contributed by atoms with van der Waals surface area (Å²) in [6.07, 6.45) is 0.691. The van der Waals surface area contributed by atoms with Crippen LogP contribution in [-0.4, -0.2) is 22.3 Å². The lowest BCUT2D eigenvalue weighted by molar-refractivity contribution is -0.129. The molecule has 4 rings (SSSR count). The summed E-state index contributed by atoms with van der Waals surface area (Å²) >= 11 is 0. The van der Waals surface area contributed by atoms with Crippen LogP contribution in [0, 0.1) is 5.82 Å². The molecule has 0 unspecified atom stereocenters. The van der Waals surface area contributed by atoms with Crippen LogP contribution in [0.1, 0.15) is 30.5 Å². The average Bonchev–Trinajstić information content (AvgIpc) is 2.90. The summed E-state index contributed by atoms with van der Waals surface area (Å²) in [7, 11) is 0. The second kappa shape index (κ2) is 6.20. The lowest BCUT2D eigenvalue weighted by Gasteiger charge is -2.18. The topological polar surface area (TPSA) is 58.4 Å². The van der Waals surface area contributed by atoms with Gasteiger partial charge in [-0.05, 0) is 41.8 Å². The number of anilines is 1. The highest BCUT2D eigenvalue weighted by Crippen LogP contribution is 2.31. The van der Waals surface area contributed by atoms with E-state index in [1.165, 1.54) is 19.1 Å². The number of hydrogen-bond donors (Lipinski definition) is 1. The quantitative estimate of drug-likeness (QED) is 0.770. The third-order valence-electron chi connectivity index (χ3n) is 4.57. The molecule has 25 heavy (non-hydrogen) atoms. The molecule has 1 aliphatic heterocycles. The van der Waals surface area contributed by atoms with E-state index in [1.807, 2.05) is 24.3 Å². The number of fused-ring (bicyclic) bond motifs is 2. The van der Waals surface area contributed by atoms with Crippen molar-refractivity contribution in [3.8, 4) is 0 Å². The second-order valence-corrected chi connectivity index (χ2v) is 6.26. The van der Waals surface area contributed by atoms with Gasteiger partial charge in [-0.2, -0.15) is 4.98 Å². The van der Waals surface area contributed by atoms with Crippen molar-refractivity contribution in [3.63, 3.8) is 0 Å². The van der Waals surface area contributed by atoms with Crippen LogP contribution < -0.4 is 5.32 Å². The fourth-order valence-corrected chi connectivity index (χ4v) is 3.28. The maximum Gasteiger partial charge on any atom is 0.296 e. The molecule has 0 aliphatic carbocycles. The maximum absolute atomic E-state index is 13.7. The van der Waals surface area contributed by atoms with Gasteiger partial charge in [0.05, 0.1) is 6.04 Å². The van der Waals surface area contributed by atoms with E-state index in [4.69, 9.17) is 4.42 Å². The first kappa shape index (κ1) is 15.6. The largest absolute Gasteiger partial charge is 0.424 e. The van der Waals surface area contributed by atoms with Crippen molar-refractivity contribution in [1.29, 1.82) is 0 Å². The van der Waals surface area contributed by atoms with E-state index in [-0.39, 0.29) is 17.8 Å². The van der Waals surface area contributed by atoms with Crippen LogP contribution >= 0.6 is 0 Å². The normalized spacial score (nSPS) is 17.2. The summed E-state index contributed by atoms with van der Waals surface area (Å²) in [4.78, 5) is 18.0. The van der Waals surface area contributed by atoms with Crippen molar-refractivity contribution in [3.05, 3.63) is 59.4 Å². The zero-order valence-electron chi connectivity index (χ0n) is 13.8. The highest BCUT2D eigenvalue weighted by molar-refractivity contribution is 5.74. The predicted molar refractivity (Wildman–Crippen MR) is 92.5 cm³/mol. The number of amides is 1. The Kier molecular flexibility index (Phi) is 3.87. The third kappa shape index (κ3) is 3.07. The van der Waals surface area contributed by atoms with Gasteiger partial charge in [0.1, 0.15) is 11.3 Å². The minimum absolute atomic E-state index is 0.0160. The van der Waals surface area contributed by atoms with Crippen LogP contribution in [0.4, 0.5) is 10.4 Å². The van der Waals surface area contributed by atoms with Gasteiger partial charge in [0.2, 0.25) is 5.91 Å². The Morgan fingerprint density at radius 3 is 2.96 bits per heavy atom. The number of para-hydroxylation sites is 2. The second-order valence-electron chi connectivity index (χ2n) is 6.26. The van der Waals surface area contributed by atoms with Crippen molar-refractivity contribution in [2.45, 2.75) is 25.9 Å². The minimum atomic E-state index is -0.301. The molecular weight excluding hydrogens is 321 g/mol. The molecule has 1 amide bonds. The molecule has 1 atom stereocenters. The molecule has 2 heterocycles. The summed E-state index contributed by atoms with van der Waals surface area (Å²) in [5.74, 6) is -0.317. The molecule has 6 heteroatoms. The van der Waals surface area contributed by atoms with Gasteiger partial charge in [0.15, 0.2) is 5.58 Å². The lowest BCUT2D eigenvalue weighted by Crippen LogP contribution is -2.28. The minimum Gasteiger partial charge on any atom is -0.424 e. The van der Waals surface area contributed by atoms with Crippen LogP contribution in [0.2, 0.25) is 0 Å². The van der Waals surface area contributed by atoms with Crippen LogP contribution in [-0.2, 0) is 11.3 Å². The fraction of sp³-hybridized carbons (Fsp3) is 0.263. The molecular formula is C19H18FN3O2. The van der Waals surface area contributed by atoms with Gasteiger partial charge in [-0.3, -0.25) is 4.79 Å². The molecule has 0 bridgehead atoms. The lowest BCUT2D eigenvalue weighted by atomic mass is 9.99. The molecule has 128 valence electrons.